The van der Waals surface area contributed by atoms with E-state index in [1.807, 2.05) is 44.4 Å². The third-order valence-electron chi connectivity index (χ3n) is 4.42. The highest BCUT2D eigenvalue weighted by Gasteiger charge is 2.11. The lowest BCUT2D eigenvalue weighted by molar-refractivity contribution is -0.130. The third kappa shape index (κ3) is 7.88. The first-order chi connectivity index (χ1) is 13.0. The van der Waals surface area contributed by atoms with Gasteiger partial charge in [0.2, 0.25) is 5.91 Å². The molecule has 0 aliphatic rings. The summed E-state index contributed by atoms with van der Waals surface area (Å²) in [5.74, 6) is 0.900. The number of hydrogen-bond donors (Lipinski definition) is 1. The molecule has 0 unspecified atom stereocenters. The van der Waals surface area contributed by atoms with E-state index in [0.29, 0.717) is 19.5 Å². The topological polar surface area (TPSA) is 47.9 Å². The van der Waals surface area contributed by atoms with Gasteiger partial charge in [-0.15, -0.1) is 24.0 Å². The minimum atomic E-state index is 0. The molecule has 0 saturated heterocycles. The molecule has 0 heterocycles. The summed E-state index contributed by atoms with van der Waals surface area (Å²) in [5.41, 5.74) is 3.61. The number of nitrogens with zero attached hydrogens (tertiary/aromatic N) is 3. The second-order valence-electron chi connectivity index (χ2n) is 6.80. The van der Waals surface area contributed by atoms with Crippen molar-refractivity contribution in [2.45, 2.75) is 26.4 Å². The minimum Gasteiger partial charge on any atom is -0.356 e. The Hall–Kier alpha value is -2.09. The largest absolute Gasteiger partial charge is 0.356 e. The predicted molar refractivity (Wildman–Crippen MR) is 127 cm³/mol. The van der Waals surface area contributed by atoms with Crippen molar-refractivity contribution in [2.24, 2.45) is 4.99 Å². The zero-order chi connectivity index (χ0) is 19.6. The number of nitrogens with one attached hydrogen (secondary N) is 1. The number of carbonyl (C=O) groups excluding carboxylic acids is 1. The maximum absolute atomic E-state index is 12.3. The molecule has 2 aromatic rings. The average molecular weight is 494 g/mol. The number of hydrogen-bond acceptors (Lipinski definition) is 2. The lowest BCUT2D eigenvalue weighted by Gasteiger charge is -2.23. The molecule has 0 radical (unpaired) electrons. The van der Waals surface area contributed by atoms with Crippen LogP contribution in [-0.2, 0) is 17.9 Å². The van der Waals surface area contributed by atoms with Crippen LogP contribution in [0, 0.1) is 6.92 Å². The van der Waals surface area contributed by atoms with Gasteiger partial charge in [-0.05, 0) is 18.1 Å². The lowest BCUT2D eigenvalue weighted by atomic mass is 10.1. The van der Waals surface area contributed by atoms with E-state index in [0.717, 1.165) is 18.1 Å². The minimum absolute atomic E-state index is 0. The van der Waals surface area contributed by atoms with E-state index in [9.17, 15) is 4.79 Å². The third-order valence-corrected chi connectivity index (χ3v) is 4.42. The van der Waals surface area contributed by atoms with E-state index in [4.69, 9.17) is 0 Å². The molecule has 0 aromatic heterocycles. The Kier molecular flexibility index (Phi) is 10.6. The molecule has 0 atom stereocenters. The van der Waals surface area contributed by atoms with Crippen LogP contribution in [0.15, 0.2) is 59.6 Å². The molecule has 1 amide bonds. The Labute approximate surface area is 185 Å². The van der Waals surface area contributed by atoms with Gasteiger partial charge in [0.15, 0.2) is 5.96 Å². The van der Waals surface area contributed by atoms with Gasteiger partial charge in [-0.25, -0.2) is 0 Å². The zero-order valence-corrected chi connectivity index (χ0v) is 19.5. The summed E-state index contributed by atoms with van der Waals surface area (Å²) in [6.45, 7) is 4.03. The molecule has 0 saturated carbocycles. The summed E-state index contributed by atoms with van der Waals surface area (Å²) in [4.78, 5) is 20.5. The Morgan fingerprint density at radius 3 is 2.11 bits per heavy atom. The standard InChI is InChI=1S/C22H30N4O.HI/c1-18-10-12-20(13-11-18)17-26(4)22(23-2)24-15-14-21(27)25(3)16-19-8-6-5-7-9-19;/h5-13H,14-17H2,1-4H3,(H,23,24);1H. The van der Waals surface area contributed by atoms with E-state index in [1.54, 1.807) is 11.9 Å². The van der Waals surface area contributed by atoms with Crippen molar-refractivity contribution in [1.29, 1.82) is 0 Å². The van der Waals surface area contributed by atoms with Crippen molar-refractivity contribution >= 4 is 35.8 Å². The van der Waals surface area contributed by atoms with Crippen LogP contribution in [0.5, 0.6) is 0 Å². The van der Waals surface area contributed by atoms with E-state index < -0.39 is 0 Å². The maximum Gasteiger partial charge on any atom is 0.224 e. The van der Waals surface area contributed by atoms with Gasteiger partial charge in [0.25, 0.3) is 0 Å². The molecule has 6 heteroatoms. The normalized spacial score (nSPS) is 10.8. The van der Waals surface area contributed by atoms with Crippen LogP contribution in [0.2, 0.25) is 0 Å². The lowest BCUT2D eigenvalue weighted by Crippen LogP contribution is -2.40. The second kappa shape index (κ2) is 12.4. The van der Waals surface area contributed by atoms with Crippen molar-refractivity contribution in [2.75, 3.05) is 27.7 Å². The molecule has 2 rings (SSSR count). The molecule has 0 bridgehead atoms. The van der Waals surface area contributed by atoms with Crippen LogP contribution >= 0.6 is 24.0 Å². The Morgan fingerprint density at radius 2 is 1.50 bits per heavy atom. The summed E-state index contributed by atoms with van der Waals surface area (Å²) < 4.78 is 0. The first kappa shape index (κ1) is 23.9. The summed E-state index contributed by atoms with van der Waals surface area (Å²) in [6.07, 6.45) is 0.431. The Morgan fingerprint density at radius 1 is 0.929 bits per heavy atom. The monoisotopic (exact) mass is 494 g/mol. The zero-order valence-electron chi connectivity index (χ0n) is 17.2. The van der Waals surface area contributed by atoms with Crippen LogP contribution < -0.4 is 5.32 Å². The van der Waals surface area contributed by atoms with Crippen LogP contribution in [0.3, 0.4) is 0 Å². The Bertz CT molecular complexity index is 747. The quantitative estimate of drug-likeness (QED) is 0.363. The molecule has 152 valence electrons. The molecular formula is C22H31IN4O. The first-order valence-corrected chi connectivity index (χ1v) is 9.25. The summed E-state index contributed by atoms with van der Waals surface area (Å²) in [6, 6.07) is 18.5. The van der Waals surface area contributed by atoms with Crippen molar-refractivity contribution in [1.82, 2.24) is 15.1 Å². The fourth-order valence-electron chi connectivity index (χ4n) is 2.84. The molecule has 0 aliphatic carbocycles. The van der Waals surface area contributed by atoms with E-state index >= 15 is 0 Å². The van der Waals surface area contributed by atoms with Crippen molar-refractivity contribution in [3.05, 3.63) is 71.3 Å². The van der Waals surface area contributed by atoms with Crippen LogP contribution in [0.4, 0.5) is 0 Å². The van der Waals surface area contributed by atoms with Gasteiger partial charge in [0.05, 0.1) is 0 Å². The highest BCUT2D eigenvalue weighted by Crippen LogP contribution is 2.06. The molecular weight excluding hydrogens is 463 g/mol. The predicted octanol–water partition coefficient (Wildman–Crippen LogP) is 3.67. The number of halogens is 1. The summed E-state index contributed by atoms with van der Waals surface area (Å²) in [5, 5.41) is 3.28. The van der Waals surface area contributed by atoms with Gasteiger partial charge in [0, 0.05) is 47.2 Å². The maximum atomic E-state index is 12.3. The van der Waals surface area contributed by atoms with E-state index in [-0.39, 0.29) is 29.9 Å². The fourth-order valence-corrected chi connectivity index (χ4v) is 2.84. The number of carbonyl (C=O) groups is 1. The van der Waals surface area contributed by atoms with Crippen molar-refractivity contribution in [3.8, 4) is 0 Å². The first-order valence-electron chi connectivity index (χ1n) is 9.25. The van der Waals surface area contributed by atoms with Crippen LogP contribution in [0.25, 0.3) is 0 Å². The molecule has 0 fully saturated rings. The van der Waals surface area contributed by atoms with Gasteiger partial charge in [-0.1, -0.05) is 60.2 Å². The summed E-state index contributed by atoms with van der Waals surface area (Å²) in [7, 11) is 5.60. The fraction of sp³-hybridized carbons (Fsp3) is 0.364. The smallest absolute Gasteiger partial charge is 0.224 e. The van der Waals surface area contributed by atoms with E-state index in [1.165, 1.54) is 11.1 Å². The summed E-state index contributed by atoms with van der Waals surface area (Å²) >= 11 is 0. The number of guanidine groups is 1. The van der Waals surface area contributed by atoms with Crippen LogP contribution in [0.1, 0.15) is 23.1 Å². The van der Waals surface area contributed by atoms with E-state index in [2.05, 4.69) is 46.4 Å². The molecule has 5 nitrogen and oxygen atoms in total. The second-order valence-corrected chi connectivity index (χ2v) is 6.80. The molecule has 2 aromatic carbocycles. The van der Waals surface area contributed by atoms with Crippen molar-refractivity contribution < 1.29 is 4.79 Å². The highest BCUT2D eigenvalue weighted by atomic mass is 127. The molecule has 0 spiro atoms. The van der Waals surface area contributed by atoms with Crippen LogP contribution in [-0.4, -0.2) is 49.4 Å². The number of amides is 1. The van der Waals surface area contributed by atoms with Gasteiger partial charge in [-0.2, -0.15) is 0 Å². The number of rotatable bonds is 7. The van der Waals surface area contributed by atoms with Gasteiger partial charge < -0.3 is 15.1 Å². The van der Waals surface area contributed by atoms with Gasteiger partial charge in [-0.3, -0.25) is 9.79 Å². The SMILES string of the molecule is CN=C(NCCC(=O)N(C)Cc1ccccc1)N(C)Cc1ccc(C)cc1.I. The highest BCUT2D eigenvalue weighted by molar-refractivity contribution is 14.0. The Balaban J connectivity index is 0.00000392. The average Bonchev–Trinajstić information content (AvgIpc) is 2.67. The van der Waals surface area contributed by atoms with Crippen molar-refractivity contribution in [3.63, 3.8) is 0 Å². The number of benzene rings is 2. The number of aryl methyl sites for hydroxylation is 1. The van der Waals surface area contributed by atoms with Gasteiger partial charge >= 0.3 is 0 Å². The van der Waals surface area contributed by atoms with Gasteiger partial charge in [0.1, 0.15) is 0 Å². The molecule has 28 heavy (non-hydrogen) atoms. The molecule has 0 aliphatic heterocycles. The number of aliphatic imine (C=N–C) groups is 1. The molecule has 1 N–H and O–H groups in total.